The molecule has 0 fully saturated rings. The van der Waals surface area contributed by atoms with Crippen molar-refractivity contribution in [3.8, 4) is 0 Å². The summed E-state index contributed by atoms with van der Waals surface area (Å²) in [5, 5.41) is 11.9. The normalized spacial score (nSPS) is 12.8. The molecule has 22 heavy (non-hydrogen) atoms. The van der Waals surface area contributed by atoms with Crippen LogP contribution in [0.15, 0.2) is 47.6 Å². The monoisotopic (exact) mass is 322 g/mol. The molecule has 1 amide bonds. The zero-order valence-electron chi connectivity index (χ0n) is 12.1. The second-order valence-corrected chi connectivity index (χ2v) is 6.45. The lowest BCUT2D eigenvalue weighted by atomic mass is 10.1. The quantitative estimate of drug-likeness (QED) is 0.805. The highest BCUT2D eigenvalue weighted by molar-refractivity contribution is 7.89. The molecule has 1 aromatic heterocycles. The maximum absolute atomic E-state index is 11.9. The minimum atomic E-state index is -3.67. The van der Waals surface area contributed by atoms with E-state index in [0.717, 1.165) is 5.56 Å². The lowest BCUT2D eigenvalue weighted by Crippen LogP contribution is -2.32. The van der Waals surface area contributed by atoms with Crippen molar-refractivity contribution in [2.45, 2.75) is 24.3 Å². The molecular formula is C14H18N4O3S. The number of rotatable bonds is 6. The van der Waals surface area contributed by atoms with E-state index in [1.54, 1.807) is 42.2 Å². The fraction of sp³-hybridized carbons (Fsp3) is 0.286. The number of carbonyl (C=O) groups excluding carboxylic acids is 1. The first-order chi connectivity index (χ1) is 10.4. The zero-order valence-corrected chi connectivity index (χ0v) is 13.0. The zero-order chi connectivity index (χ0) is 16.2. The van der Waals surface area contributed by atoms with E-state index in [1.807, 2.05) is 0 Å². The van der Waals surface area contributed by atoms with Gasteiger partial charge in [0.15, 0.2) is 0 Å². The van der Waals surface area contributed by atoms with Crippen molar-refractivity contribution >= 4 is 15.9 Å². The number of aromatic nitrogens is 2. The number of amides is 1. The standard InChI is InChI=1S/C14H18N4O3S/c1-11(18-10-2-8-17-18)14(19)16-9-7-12-3-5-13(6-4-12)22(15,20)21/h2-6,8,10-11H,7,9H2,1H3,(H,16,19)(H2,15,20,21)/t11-/m0/s1. The number of nitrogens with zero attached hydrogens (tertiary/aromatic N) is 2. The number of primary sulfonamides is 1. The van der Waals surface area contributed by atoms with Gasteiger partial charge in [0, 0.05) is 18.9 Å². The smallest absolute Gasteiger partial charge is 0.244 e. The Morgan fingerprint density at radius 1 is 1.36 bits per heavy atom. The van der Waals surface area contributed by atoms with E-state index in [4.69, 9.17) is 5.14 Å². The highest BCUT2D eigenvalue weighted by Crippen LogP contribution is 2.09. The number of nitrogens with one attached hydrogen (secondary N) is 1. The Morgan fingerprint density at radius 2 is 2.05 bits per heavy atom. The van der Waals surface area contributed by atoms with E-state index in [0.29, 0.717) is 13.0 Å². The van der Waals surface area contributed by atoms with Gasteiger partial charge in [-0.05, 0) is 37.1 Å². The second kappa shape index (κ2) is 6.71. The lowest BCUT2D eigenvalue weighted by molar-refractivity contribution is -0.124. The third-order valence-electron chi connectivity index (χ3n) is 3.27. The average molecular weight is 322 g/mol. The molecule has 8 heteroatoms. The van der Waals surface area contributed by atoms with Crippen molar-refractivity contribution < 1.29 is 13.2 Å². The van der Waals surface area contributed by atoms with E-state index >= 15 is 0 Å². The molecule has 1 atom stereocenters. The second-order valence-electron chi connectivity index (χ2n) is 4.89. The lowest BCUT2D eigenvalue weighted by Gasteiger charge is -2.12. The molecule has 0 aliphatic heterocycles. The molecule has 0 bridgehead atoms. The minimum absolute atomic E-state index is 0.0765. The van der Waals surface area contributed by atoms with Crippen molar-refractivity contribution in [1.29, 1.82) is 0 Å². The van der Waals surface area contributed by atoms with E-state index in [1.165, 1.54) is 12.1 Å². The fourth-order valence-electron chi connectivity index (χ4n) is 1.95. The van der Waals surface area contributed by atoms with Crippen LogP contribution in [0.4, 0.5) is 0 Å². The highest BCUT2D eigenvalue weighted by Gasteiger charge is 2.14. The van der Waals surface area contributed by atoms with Crippen LogP contribution in [0.1, 0.15) is 18.5 Å². The van der Waals surface area contributed by atoms with Crippen LogP contribution in [-0.2, 0) is 21.2 Å². The summed E-state index contributed by atoms with van der Waals surface area (Å²) < 4.78 is 23.9. The van der Waals surface area contributed by atoms with Gasteiger partial charge < -0.3 is 5.32 Å². The molecule has 0 saturated carbocycles. The van der Waals surface area contributed by atoms with Crippen molar-refractivity contribution in [2.24, 2.45) is 5.14 Å². The first-order valence-corrected chi connectivity index (χ1v) is 8.31. The molecule has 1 heterocycles. The minimum Gasteiger partial charge on any atom is -0.354 e. The van der Waals surface area contributed by atoms with Gasteiger partial charge in [-0.25, -0.2) is 13.6 Å². The van der Waals surface area contributed by atoms with Crippen molar-refractivity contribution in [3.63, 3.8) is 0 Å². The first-order valence-electron chi connectivity index (χ1n) is 6.76. The summed E-state index contributed by atoms with van der Waals surface area (Å²) in [4.78, 5) is 12.0. The number of hydrogen-bond acceptors (Lipinski definition) is 4. The molecule has 0 spiro atoms. The molecule has 118 valence electrons. The number of hydrogen-bond donors (Lipinski definition) is 2. The van der Waals surface area contributed by atoms with Gasteiger partial charge in [-0.15, -0.1) is 0 Å². The molecule has 0 aliphatic rings. The maximum Gasteiger partial charge on any atom is 0.244 e. The summed E-state index contributed by atoms with van der Waals surface area (Å²) in [6.45, 7) is 2.22. The van der Waals surface area contributed by atoms with E-state index in [-0.39, 0.29) is 16.8 Å². The van der Waals surface area contributed by atoms with E-state index < -0.39 is 10.0 Å². The molecule has 1 aromatic carbocycles. The molecule has 0 unspecified atom stereocenters. The average Bonchev–Trinajstić information content (AvgIpc) is 3.00. The Hall–Kier alpha value is -2.19. The van der Waals surface area contributed by atoms with Gasteiger partial charge in [0.2, 0.25) is 15.9 Å². The van der Waals surface area contributed by atoms with Crippen LogP contribution in [0.5, 0.6) is 0 Å². The van der Waals surface area contributed by atoms with Crippen LogP contribution in [0, 0.1) is 0 Å². The Balaban J connectivity index is 1.85. The van der Waals surface area contributed by atoms with E-state index in [9.17, 15) is 13.2 Å². The van der Waals surface area contributed by atoms with Crippen LogP contribution < -0.4 is 10.5 Å². The van der Waals surface area contributed by atoms with Gasteiger partial charge in [0.1, 0.15) is 6.04 Å². The number of benzene rings is 1. The predicted molar refractivity (Wildman–Crippen MR) is 81.5 cm³/mol. The summed E-state index contributed by atoms with van der Waals surface area (Å²) in [6, 6.07) is 7.67. The SMILES string of the molecule is C[C@@H](C(=O)NCCc1ccc(S(N)(=O)=O)cc1)n1cccn1. The van der Waals surface area contributed by atoms with Gasteiger partial charge in [-0.2, -0.15) is 5.10 Å². The summed E-state index contributed by atoms with van der Waals surface area (Å²) in [6.07, 6.45) is 3.95. The van der Waals surface area contributed by atoms with Crippen LogP contribution in [0.2, 0.25) is 0 Å². The van der Waals surface area contributed by atoms with Crippen LogP contribution >= 0.6 is 0 Å². The molecule has 0 saturated heterocycles. The Kier molecular flexibility index (Phi) is 4.94. The summed E-state index contributed by atoms with van der Waals surface area (Å²) >= 11 is 0. The fourth-order valence-corrected chi connectivity index (χ4v) is 2.47. The van der Waals surface area contributed by atoms with Crippen molar-refractivity contribution in [1.82, 2.24) is 15.1 Å². The van der Waals surface area contributed by atoms with Gasteiger partial charge in [-0.1, -0.05) is 12.1 Å². The summed E-state index contributed by atoms with van der Waals surface area (Å²) in [5.74, 6) is -0.121. The molecule has 0 aliphatic carbocycles. The van der Waals surface area contributed by atoms with Crippen molar-refractivity contribution in [3.05, 3.63) is 48.3 Å². The molecular weight excluding hydrogens is 304 g/mol. The van der Waals surface area contributed by atoms with Crippen molar-refractivity contribution in [2.75, 3.05) is 6.54 Å². The van der Waals surface area contributed by atoms with Gasteiger partial charge in [0.25, 0.3) is 0 Å². The topological polar surface area (TPSA) is 107 Å². The molecule has 0 radical (unpaired) electrons. The number of nitrogens with two attached hydrogens (primary N) is 1. The van der Waals surface area contributed by atoms with Gasteiger partial charge in [0.05, 0.1) is 4.90 Å². The number of carbonyl (C=O) groups is 1. The molecule has 2 aromatic rings. The van der Waals surface area contributed by atoms with Crippen LogP contribution in [-0.4, -0.2) is 30.7 Å². The first kappa shape index (κ1) is 16.2. The largest absolute Gasteiger partial charge is 0.354 e. The molecule has 2 rings (SSSR count). The van der Waals surface area contributed by atoms with Gasteiger partial charge >= 0.3 is 0 Å². The summed E-state index contributed by atoms with van der Waals surface area (Å²) in [5.41, 5.74) is 0.916. The highest BCUT2D eigenvalue weighted by atomic mass is 32.2. The Labute approximate surface area is 129 Å². The summed E-state index contributed by atoms with van der Waals surface area (Å²) in [7, 11) is -3.67. The molecule has 3 N–H and O–H groups in total. The molecule has 7 nitrogen and oxygen atoms in total. The van der Waals surface area contributed by atoms with Crippen LogP contribution in [0.25, 0.3) is 0 Å². The number of sulfonamides is 1. The Morgan fingerprint density at radius 3 is 2.59 bits per heavy atom. The predicted octanol–water partition coefficient (Wildman–Crippen LogP) is 0.450. The van der Waals surface area contributed by atoms with E-state index in [2.05, 4.69) is 10.4 Å². The Bertz CT molecular complexity index is 724. The van der Waals surface area contributed by atoms with Crippen LogP contribution in [0.3, 0.4) is 0 Å². The third kappa shape index (κ3) is 4.15. The maximum atomic E-state index is 11.9. The van der Waals surface area contributed by atoms with Gasteiger partial charge in [-0.3, -0.25) is 9.48 Å². The third-order valence-corrected chi connectivity index (χ3v) is 4.20.